The summed E-state index contributed by atoms with van der Waals surface area (Å²) >= 11 is 1.31. The first kappa shape index (κ1) is 23.3. The molecule has 0 saturated heterocycles. The molecule has 1 N–H and O–H groups in total. The van der Waals surface area contributed by atoms with Crippen molar-refractivity contribution in [1.82, 2.24) is 14.7 Å². The van der Waals surface area contributed by atoms with Crippen molar-refractivity contribution in [2.45, 2.75) is 6.04 Å². The third-order valence-electron chi connectivity index (χ3n) is 5.91. The summed E-state index contributed by atoms with van der Waals surface area (Å²) in [6.45, 7) is 0. The fourth-order valence-corrected chi connectivity index (χ4v) is 4.96. The van der Waals surface area contributed by atoms with Crippen LogP contribution >= 0.6 is 11.3 Å². The van der Waals surface area contributed by atoms with Crippen LogP contribution in [0.1, 0.15) is 27.5 Å². The lowest BCUT2D eigenvalue weighted by Gasteiger charge is -2.19. The van der Waals surface area contributed by atoms with Crippen LogP contribution < -0.4 is 20.3 Å². The molecular weight excluding hydrogens is 474 g/mol. The minimum Gasteiger partial charge on any atom is -0.497 e. The Kier molecular flexibility index (Phi) is 6.51. The highest BCUT2D eigenvalue weighted by Gasteiger charge is 2.23. The van der Waals surface area contributed by atoms with Gasteiger partial charge in [0, 0.05) is 17.1 Å². The molecule has 8 heteroatoms. The van der Waals surface area contributed by atoms with Crippen molar-refractivity contribution in [1.29, 1.82) is 0 Å². The maximum atomic E-state index is 13.6. The number of aromatic nitrogens is 2. The molecular formula is C28H23N3O4S. The molecule has 0 aliphatic heterocycles. The average Bonchev–Trinajstić information content (AvgIpc) is 3.37. The highest BCUT2D eigenvalue weighted by atomic mass is 32.1. The number of benzene rings is 3. The first-order valence-electron chi connectivity index (χ1n) is 11.2. The number of hydrogen-bond donors (Lipinski definition) is 1. The average molecular weight is 498 g/mol. The smallest absolute Gasteiger partial charge is 0.271 e. The minimum atomic E-state index is -0.505. The Morgan fingerprint density at radius 1 is 0.944 bits per heavy atom. The largest absolute Gasteiger partial charge is 0.497 e. The summed E-state index contributed by atoms with van der Waals surface area (Å²) in [6, 6.07) is 24.2. The van der Waals surface area contributed by atoms with Crippen LogP contribution in [0.25, 0.3) is 16.2 Å². The van der Waals surface area contributed by atoms with E-state index in [4.69, 9.17) is 9.47 Å². The van der Waals surface area contributed by atoms with Crippen molar-refractivity contribution < 1.29 is 14.3 Å². The van der Waals surface area contributed by atoms with Gasteiger partial charge in [-0.25, -0.2) is 4.98 Å². The molecule has 2 heterocycles. The van der Waals surface area contributed by atoms with Crippen LogP contribution in [0, 0.1) is 0 Å². The molecule has 0 saturated carbocycles. The maximum absolute atomic E-state index is 13.6. The summed E-state index contributed by atoms with van der Waals surface area (Å²) in [5.41, 5.74) is 2.54. The standard InChI is InChI=1S/C28H23N3O4S/c1-34-20-13-14-24(35-2)21(15-20)23-17-36-28-29-16-22(27(33)31(23)28)26(32)30-25(18-9-5-3-6-10-18)19-11-7-4-8-12-19/h3-17,25H,1-2H3,(H,30,32). The van der Waals surface area contributed by atoms with Gasteiger partial charge >= 0.3 is 0 Å². The third kappa shape index (κ3) is 4.34. The zero-order valence-corrected chi connectivity index (χ0v) is 20.5. The van der Waals surface area contributed by atoms with Crippen LogP contribution in [0.2, 0.25) is 0 Å². The van der Waals surface area contributed by atoms with Gasteiger partial charge in [-0.05, 0) is 29.3 Å². The number of thiazole rings is 1. The van der Waals surface area contributed by atoms with Crippen molar-refractivity contribution in [2.75, 3.05) is 14.2 Å². The molecule has 180 valence electrons. The summed E-state index contributed by atoms with van der Waals surface area (Å²) in [7, 11) is 3.14. The molecule has 0 radical (unpaired) electrons. The quantitative estimate of drug-likeness (QED) is 0.344. The lowest BCUT2D eigenvalue weighted by atomic mass is 9.98. The number of methoxy groups -OCH3 is 2. The van der Waals surface area contributed by atoms with Gasteiger partial charge in [-0.15, -0.1) is 11.3 Å². The van der Waals surface area contributed by atoms with Crippen molar-refractivity contribution in [3.63, 3.8) is 0 Å². The molecule has 7 nitrogen and oxygen atoms in total. The number of nitrogens with one attached hydrogen (secondary N) is 1. The van der Waals surface area contributed by atoms with Crippen LogP contribution in [0.4, 0.5) is 0 Å². The molecule has 1 amide bonds. The van der Waals surface area contributed by atoms with Crippen LogP contribution in [-0.2, 0) is 0 Å². The van der Waals surface area contributed by atoms with Gasteiger partial charge in [0.1, 0.15) is 17.1 Å². The highest BCUT2D eigenvalue weighted by Crippen LogP contribution is 2.35. The SMILES string of the molecule is COc1ccc(OC)c(-c2csc3ncc(C(=O)NC(c4ccccc4)c4ccccc4)c(=O)n23)c1. The van der Waals surface area contributed by atoms with Crippen molar-refractivity contribution in [2.24, 2.45) is 0 Å². The van der Waals surface area contributed by atoms with Crippen LogP contribution in [0.3, 0.4) is 0 Å². The van der Waals surface area contributed by atoms with E-state index in [0.29, 0.717) is 27.7 Å². The lowest BCUT2D eigenvalue weighted by molar-refractivity contribution is 0.0941. The predicted octanol–water partition coefficient (Wildman–Crippen LogP) is 4.96. The molecule has 3 aromatic carbocycles. The molecule has 5 rings (SSSR count). The Morgan fingerprint density at radius 3 is 2.22 bits per heavy atom. The van der Waals surface area contributed by atoms with Gasteiger partial charge in [0.25, 0.3) is 11.5 Å². The van der Waals surface area contributed by atoms with E-state index in [1.165, 1.54) is 21.9 Å². The van der Waals surface area contributed by atoms with E-state index in [1.807, 2.05) is 66.0 Å². The Hall–Kier alpha value is -4.43. The molecule has 0 aliphatic rings. The molecule has 0 spiro atoms. The first-order chi connectivity index (χ1) is 17.6. The van der Waals surface area contributed by atoms with Crippen molar-refractivity contribution >= 4 is 22.2 Å². The number of ether oxygens (including phenoxy) is 2. The van der Waals surface area contributed by atoms with E-state index in [0.717, 1.165) is 11.1 Å². The molecule has 0 bridgehead atoms. The zero-order valence-electron chi connectivity index (χ0n) is 19.7. The number of rotatable bonds is 7. The van der Waals surface area contributed by atoms with E-state index in [1.54, 1.807) is 32.4 Å². The van der Waals surface area contributed by atoms with Crippen molar-refractivity contribution in [3.8, 4) is 22.8 Å². The van der Waals surface area contributed by atoms with Gasteiger partial charge in [0.2, 0.25) is 0 Å². The van der Waals surface area contributed by atoms with E-state index in [-0.39, 0.29) is 5.56 Å². The number of hydrogen-bond acceptors (Lipinski definition) is 6. The summed E-state index contributed by atoms with van der Waals surface area (Å²) in [6.07, 6.45) is 1.34. The molecule has 2 aromatic heterocycles. The molecule has 0 aliphatic carbocycles. The topological polar surface area (TPSA) is 81.9 Å². The van der Waals surface area contributed by atoms with E-state index >= 15 is 0 Å². The summed E-state index contributed by atoms with van der Waals surface area (Å²) in [5.74, 6) is 0.688. The second-order valence-corrected chi connectivity index (χ2v) is 8.85. The van der Waals surface area contributed by atoms with Gasteiger partial charge in [0.15, 0.2) is 4.96 Å². The second kappa shape index (κ2) is 10.1. The van der Waals surface area contributed by atoms with Crippen molar-refractivity contribution in [3.05, 3.63) is 117 Å². The van der Waals surface area contributed by atoms with Crippen LogP contribution in [0.5, 0.6) is 11.5 Å². The number of fused-ring (bicyclic) bond motifs is 1. The van der Waals surface area contributed by atoms with Gasteiger partial charge in [0.05, 0.1) is 26.0 Å². The third-order valence-corrected chi connectivity index (χ3v) is 6.75. The van der Waals surface area contributed by atoms with E-state index < -0.39 is 17.5 Å². The zero-order chi connectivity index (χ0) is 25.1. The Morgan fingerprint density at radius 2 is 1.61 bits per heavy atom. The number of carbonyl (C=O) groups is 1. The van der Waals surface area contributed by atoms with E-state index in [9.17, 15) is 9.59 Å². The van der Waals surface area contributed by atoms with Gasteiger partial charge in [-0.3, -0.25) is 14.0 Å². The second-order valence-electron chi connectivity index (χ2n) is 8.01. The Balaban J connectivity index is 1.58. The number of carbonyl (C=O) groups excluding carboxylic acids is 1. The summed E-state index contributed by atoms with van der Waals surface area (Å²) in [5, 5.41) is 4.85. The van der Waals surface area contributed by atoms with Gasteiger partial charge < -0.3 is 14.8 Å². The first-order valence-corrected chi connectivity index (χ1v) is 12.1. The van der Waals surface area contributed by atoms with Crippen LogP contribution in [0.15, 0.2) is 95.2 Å². The monoisotopic (exact) mass is 497 g/mol. The van der Waals surface area contributed by atoms with Gasteiger partial charge in [-0.1, -0.05) is 60.7 Å². The fourth-order valence-electron chi connectivity index (χ4n) is 4.11. The molecule has 36 heavy (non-hydrogen) atoms. The van der Waals surface area contributed by atoms with E-state index in [2.05, 4.69) is 10.3 Å². The fraction of sp³-hybridized carbons (Fsp3) is 0.107. The maximum Gasteiger partial charge on any atom is 0.271 e. The number of nitrogens with zero attached hydrogens (tertiary/aromatic N) is 2. The van der Waals surface area contributed by atoms with Crippen LogP contribution in [-0.4, -0.2) is 29.5 Å². The molecule has 5 aromatic rings. The minimum absolute atomic E-state index is 0.0501. The molecule has 0 unspecified atom stereocenters. The summed E-state index contributed by atoms with van der Waals surface area (Å²) in [4.78, 5) is 32.0. The summed E-state index contributed by atoms with van der Waals surface area (Å²) < 4.78 is 12.3. The Labute approximate surface area is 211 Å². The normalized spacial score (nSPS) is 11.0. The lowest BCUT2D eigenvalue weighted by Crippen LogP contribution is -2.34. The molecule has 0 fully saturated rings. The number of amides is 1. The Bertz CT molecular complexity index is 1540. The predicted molar refractivity (Wildman–Crippen MR) is 140 cm³/mol. The van der Waals surface area contributed by atoms with Gasteiger partial charge in [-0.2, -0.15) is 0 Å². The highest BCUT2D eigenvalue weighted by molar-refractivity contribution is 7.15. The molecule has 0 atom stereocenters.